The Morgan fingerprint density at radius 2 is 1.75 bits per heavy atom. The number of likely N-dealkylation sites (tertiary alicyclic amines) is 1. The number of hydrogen-bond donors (Lipinski definition) is 1. The standard InChI is InChI=1S/C31H31ClN2O6/c1-30-15-8-3-9-18-39-29(38)25(30)24-27(36)34(23(19-35)20-11-4-2-5-12-20)26-28(37)33(17-10-16-31(24,26)40-30)22-14-7-6-13-21(22)32/h2,4-8,10-16,23-26,35H,3,9,17-19H2,1H3/b15-8-/t23-,24+,25+,26?,30-,31+/m1/s1. The van der Waals surface area contributed by atoms with E-state index in [0.29, 0.717) is 29.1 Å². The average Bonchev–Trinajstić information content (AvgIpc) is 3.30. The third-order valence-electron chi connectivity index (χ3n) is 8.52. The smallest absolute Gasteiger partial charge is 0.313 e. The molecule has 6 rings (SSSR count). The number of anilines is 1. The van der Waals surface area contributed by atoms with Gasteiger partial charge in [0.1, 0.15) is 17.6 Å². The normalized spacial score (nSPS) is 33.2. The van der Waals surface area contributed by atoms with Gasteiger partial charge in [-0.3, -0.25) is 14.4 Å². The lowest BCUT2D eigenvalue weighted by Crippen LogP contribution is -2.57. The van der Waals surface area contributed by atoms with Crippen molar-refractivity contribution < 1.29 is 29.0 Å². The van der Waals surface area contributed by atoms with Crippen molar-refractivity contribution in [1.29, 1.82) is 0 Å². The van der Waals surface area contributed by atoms with E-state index in [1.54, 1.807) is 55.5 Å². The van der Waals surface area contributed by atoms with Crippen LogP contribution in [0.4, 0.5) is 5.69 Å². The van der Waals surface area contributed by atoms with Crippen LogP contribution >= 0.6 is 11.6 Å². The number of esters is 1. The Bertz CT molecular complexity index is 1400. The summed E-state index contributed by atoms with van der Waals surface area (Å²) in [5.74, 6) is -3.40. The lowest BCUT2D eigenvalue weighted by molar-refractivity contribution is -0.159. The maximum Gasteiger partial charge on any atom is 0.313 e. The molecule has 1 unspecified atom stereocenters. The van der Waals surface area contributed by atoms with Crippen LogP contribution in [-0.4, -0.2) is 64.8 Å². The first-order chi connectivity index (χ1) is 19.3. The predicted octanol–water partition coefficient (Wildman–Crippen LogP) is 3.84. The van der Waals surface area contributed by atoms with Gasteiger partial charge < -0.3 is 24.4 Å². The highest BCUT2D eigenvalue weighted by Gasteiger charge is 2.75. The minimum Gasteiger partial charge on any atom is -0.465 e. The molecule has 0 aromatic heterocycles. The zero-order valence-corrected chi connectivity index (χ0v) is 22.9. The highest BCUT2D eigenvalue weighted by atomic mass is 35.5. The second-order valence-corrected chi connectivity index (χ2v) is 11.3. The van der Waals surface area contributed by atoms with Crippen LogP contribution in [0.3, 0.4) is 0 Å². The number of aliphatic hydroxyl groups excluding tert-OH is 1. The average molecular weight is 563 g/mol. The van der Waals surface area contributed by atoms with E-state index in [2.05, 4.69) is 0 Å². The number of cyclic esters (lactones) is 1. The van der Waals surface area contributed by atoms with Crippen LogP contribution in [0.1, 0.15) is 31.4 Å². The van der Waals surface area contributed by atoms with Crippen molar-refractivity contribution in [3.8, 4) is 0 Å². The Balaban J connectivity index is 1.55. The summed E-state index contributed by atoms with van der Waals surface area (Å²) >= 11 is 6.53. The first-order valence-electron chi connectivity index (χ1n) is 13.6. The molecule has 208 valence electrons. The SMILES string of the molecule is C[C@@]12/C=C\CCCOC(=O)[C@@H]1[C@H]1C(=O)N([C@H](CO)c3ccccc3)C3C(=O)N(c4ccccc4Cl)CC=C[C@@]31O2. The number of carbonyl (C=O) groups is 3. The molecule has 0 saturated carbocycles. The van der Waals surface area contributed by atoms with E-state index in [1.165, 1.54) is 9.80 Å². The molecule has 8 nitrogen and oxygen atoms in total. The van der Waals surface area contributed by atoms with Crippen LogP contribution in [-0.2, 0) is 23.9 Å². The molecule has 1 spiro atoms. The van der Waals surface area contributed by atoms with Gasteiger partial charge in [0, 0.05) is 6.54 Å². The van der Waals surface area contributed by atoms with E-state index >= 15 is 0 Å². The fraction of sp³-hybridized carbons (Fsp3) is 0.387. The molecular formula is C31H31ClN2O6. The molecule has 2 saturated heterocycles. The highest BCUT2D eigenvalue weighted by molar-refractivity contribution is 6.34. The number of ether oxygens (including phenoxy) is 2. The minimum absolute atomic E-state index is 0.190. The van der Waals surface area contributed by atoms with Crippen LogP contribution in [0.2, 0.25) is 5.02 Å². The number of halogens is 1. The first kappa shape index (κ1) is 26.7. The number of fused-ring (bicyclic) bond motifs is 2. The number of allylic oxidation sites excluding steroid dienone is 1. The summed E-state index contributed by atoms with van der Waals surface area (Å²) in [6, 6.07) is 14.1. The molecule has 6 atom stereocenters. The second kappa shape index (κ2) is 10.2. The summed E-state index contributed by atoms with van der Waals surface area (Å²) in [7, 11) is 0. The molecule has 0 aliphatic carbocycles. The van der Waals surface area contributed by atoms with E-state index in [4.69, 9.17) is 21.1 Å². The Morgan fingerprint density at radius 3 is 2.50 bits per heavy atom. The summed E-state index contributed by atoms with van der Waals surface area (Å²) in [4.78, 5) is 45.8. The summed E-state index contributed by atoms with van der Waals surface area (Å²) in [5.41, 5.74) is -1.50. The summed E-state index contributed by atoms with van der Waals surface area (Å²) in [6.45, 7) is 1.77. The molecule has 2 aromatic rings. The molecule has 4 aliphatic heterocycles. The van der Waals surface area contributed by atoms with E-state index in [9.17, 15) is 19.5 Å². The van der Waals surface area contributed by atoms with Crippen LogP contribution in [0.5, 0.6) is 0 Å². The number of hydrogen-bond acceptors (Lipinski definition) is 6. The maximum atomic E-state index is 14.6. The van der Waals surface area contributed by atoms with Gasteiger partial charge in [-0.25, -0.2) is 0 Å². The molecule has 2 fully saturated rings. The van der Waals surface area contributed by atoms with Crippen LogP contribution < -0.4 is 4.90 Å². The van der Waals surface area contributed by atoms with Gasteiger partial charge in [0.25, 0.3) is 5.91 Å². The van der Waals surface area contributed by atoms with Crippen molar-refractivity contribution in [1.82, 2.24) is 4.90 Å². The Hall–Kier alpha value is -3.46. The largest absolute Gasteiger partial charge is 0.465 e. The summed E-state index contributed by atoms with van der Waals surface area (Å²) < 4.78 is 12.5. The molecule has 0 radical (unpaired) electrons. The minimum atomic E-state index is -1.48. The second-order valence-electron chi connectivity index (χ2n) is 10.9. The van der Waals surface area contributed by atoms with Gasteiger partial charge in [-0.05, 0) is 37.5 Å². The molecule has 9 heteroatoms. The summed E-state index contributed by atoms with van der Waals surface area (Å²) in [6.07, 6.45) is 8.69. The Morgan fingerprint density at radius 1 is 1.00 bits per heavy atom. The zero-order valence-electron chi connectivity index (χ0n) is 22.1. The summed E-state index contributed by atoms with van der Waals surface area (Å²) in [5, 5.41) is 11.0. The van der Waals surface area contributed by atoms with Gasteiger partial charge >= 0.3 is 5.97 Å². The van der Waals surface area contributed by atoms with E-state index in [-0.39, 0.29) is 13.2 Å². The topological polar surface area (TPSA) is 96.4 Å². The number of rotatable bonds is 4. The zero-order chi connectivity index (χ0) is 28.1. The van der Waals surface area contributed by atoms with Crippen LogP contribution in [0.25, 0.3) is 0 Å². The Kier molecular flexibility index (Phi) is 6.81. The number of para-hydroxylation sites is 1. The molecule has 4 aliphatic rings. The number of amides is 2. The molecule has 2 aromatic carbocycles. The van der Waals surface area contributed by atoms with Gasteiger partial charge in [0.2, 0.25) is 5.91 Å². The fourth-order valence-electron chi connectivity index (χ4n) is 6.83. The lowest BCUT2D eigenvalue weighted by atomic mass is 9.74. The van der Waals surface area contributed by atoms with Gasteiger partial charge in [0.15, 0.2) is 0 Å². The molecule has 4 heterocycles. The maximum absolute atomic E-state index is 14.6. The van der Waals surface area contributed by atoms with Gasteiger partial charge in [-0.2, -0.15) is 0 Å². The number of aliphatic hydroxyl groups is 1. The molecule has 0 bridgehead atoms. The van der Waals surface area contributed by atoms with Crippen molar-refractivity contribution in [2.24, 2.45) is 11.8 Å². The van der Waals surface area contributed by atoms with E-state index < -0.39 is 59.5 Å². The van der Waals surface area contributed by atoms with Gasteiger partial charge in [-0.1, -0.05) is 78.4 Å². The third-order valence-corrected chi connectivity index (χ3v) is 8.84. The monoisotopic (exact) mass is 562 g/mol. The number of carbonyl (C=O) groups excluding carboxylic acids is 3. The quantitative estimate of drug-likeness (QED) is 0.449. The van der Waals surface area contributed by atoms with E-state index in [0.717, 1.165) is 0 Å². The van der Waals surface area contributed by atoms with Crippen molar-refractivity contribution in [3.63, 3.8) is 0 Å². The third kappa shape index (κ3) is 4.00. The lowest BCUT2D eigenvalue weighted by Gasteiger charge is -2.40. The number of benzene rings is 2. The molecular weight excluding hydrogens is 532 g/mol. The van der Waals surface area contributed by atoms with Crippen LogP contribution in [0.15, 0.2) is 78.9 Å². The van der Waals surface area contributed by atoms with Crippen molar-refractivity contribution in [3.05, 3.63) is 89.5 Å². The van der Waals surface area contributed by atoms with Crippen molar-refractivity contribution in [2.45, 2.75) is 43.1 Å². The first-order valence-corrected chi connectivity index (χ1v) is 14.0. The van der Waals surface area contributed by atoms with Gasteiger partial charge in [-0.15, -0.1) is 0 Å². The molecule has 1 N–H and O–H groups in total. The molecule has 2 amide bonds. The van der Waals surface area contributed by atoms with Crippen LogP contribution in [0, 0.1) is 11.8 Å². The number of nitrogens with zero attached hydrogens (tertiary/aromatic N) is 2. The predicted molar refractivity (Wildman–Crippen MR) is 148 cm³/mol. The molecule has 40 heavy (non-hydrogen) atoms. The Labute approximate surface area is 237 Å². The van der Waals surface area contributed by atoms with Crippen molar-refractivity contribution >= 4 is 35.1 Å². The highest BCUT2D eigenvalue weighted by Crippen LogP contribution is 2.58. The van der Waals surface area contributed by atoms with Crippen molar-refractivity contribution in [2.75, 3.05) is 24.7 Å². The van der Waals surface area contributed by atoms with Gasteiger partial charge in [0.05, 0.1) is 41.5 Å². The van der Waals surface area contributed by atoms with E-state index in [1.807, 2.05) is 30.4 Å². The fourth-order valence-corrected chi connectivity index (χ4v) is 7.06.